The van der Waals surface area contributed by atoms with E-state index in [1.165, 1.54) is 22.7 Å². The number of thiophene rings is 2. The van der Waals surface area contributed by atoms with Crippen molar-refractivity contribution < 1.29 is 23.8 Å². The highest BCUT2D eigenvalue weighted by atomic mass is 32.1. The molecule has 202 valence electrons. The third-order valence-corrected chi connectivity index (χ3v) is 7.38. The predicted molar refractivity (Wildman–Crippen MR) is 148 cm³/mol. The summed E-state index contributed by atoms with van der Waals surface area (Å²) in [6.07, 6.45) is 1.23. The van der Waals surface area contributed by atoms with Crippen LogP contribution in [0.15, 0.2) is 17.6 Å². The number of amides is 2. The summed E-state index contributed by atoms with van der Waals surface area (Å²) in [5, 5.41) is 13.4. The van der Waals surface area contributed by atoms with E-state index >= 15 is 0 Å². The quantitative estimate of drug-likeness (QED) is 0.361. The number of methoxy groups -OCH3 is 1. The fraction of sp³-hybridized carbons (Fsp3) is 0.538. The summed E-state index contributed by atoms with van der Waals surface area (Å²) in [7, 11) is 1.61. The SMILES string of the molecule is COc1ccsc1CN(C(=O)OC(C)(C)C)c1cnnc2c(C)c(CC(C)NC(=O)OC(C)(C)C)sc12. The fourth-order valence-corrected chi connectivity index (χ4v) is 5.82. The highest BCUT2D eigenvalue weighted by Gasteiger charge is 2.28. The molecule has 3 aromatic rings. The number of carbonyl (C=O) groups excluding carboxylic acids is 2. The average Bonchev–Trinajstić information content (AvgIpc) is 3.33. The lowest BCUT2D eigenvalue weighted by Crippen LogP contribution is -2.38. The van der Waals surface area contributed by atoms with E-state index in [0.29, 0.717) is 23.4 Å². The van der Waals surface area contributed by atoms with Crippen LogP contribution in [0.3, 0.4) is 0 Å². The molecule has 2 amide bonds. The van der Waals surface area contributed by atoms with Crippen LogP contribution < -0.4 is 15.0 Å². The lowest BCUT2D eigenvalue weighted by atomic mass is 10.1. The zero-order valence-electron chi connectivity index (χ0n) is 22.9. The minimum atomic E-state index is -0.673. The first kappa shape index (κ1) is 28.6. The van der Waals surface area contributed by atoms with Gasteiger partial charge in [0.15, 0.2) is 0 Å². The molecule has 0 aliphatic heterocycles. The lowest BCUT2D eigenvalue weighted by molar-refractivity contribution is 0.0507. The highest BCUT2D eigenvalue weighted by molar-refractivity contribution is 7.19. The van der Waals surface area contributed by atoms with E-state index in [9.17, 15) is 9.59 Å². The standard InChI is InChI=1S/C26H36N4O5S2/c1-15(28-23(31)34-25(3,4)5)12-19-16(2)21-22(37-19)17(13-27-29-21)30(24(32)35-26(6,7)8)14-20-18(33-9)10-11-36-20/h10-11,13,15H,12,14H2,1-9H3,(H,28,31). The third-order valence-electron chi connectivity index (χ3n) is 5.17. The second-order valence-corrected chi connectivity index (χ2v) is 12.9. The molecule has 0 aliphatic carbocycles. The zero-order valence-corrected chi connectivity index (χ0v) is 24.6. The van der Waals surface area contributed by atoms with Crippen molar-refractivity contribution in [2.45, 2.75) is 85.6 Å². The summed E-state index contributed by atoms with van der Waals surface area (Å²) < 4.78 is 17.4. The number of ether oxygens (including phenoxy) is 3. The molecule has 1 atom stereocenters. The monoisotopic (exact) mass is 548 g/mol. The smallest absolute Gasteiger partial charge is 0.415 e. The van der Waals surface area contributed by atoms with Gasteiger partial charge in [-0.2, -0.15) is 5.10 Å². The number of hydrogen-bond donors (Lipinski definition) is 1. The summed E-state index contributed by atoms with van der Waals surface area (Å²) in [6.45, 7) is 15.2. The van der Waals surface area contributed by atoms with E-state index in [2.05, 4.69) is 15.5 Å². The predicted octanol–water partition coefficient (Wildman–Crippen LogP) is 6.47. The van der Waals surface area contributed by atoms with E-state index in [1.54, 1.807) is 18.2 Å². The Labute approximate surface area is 226 Å². The van der Waals surface area contributed by atoms with Crippen LogP contribution in [0.2, 0.25) is 0 Å². The second-order valence-electron chi connectivity index (χ2n) is 10.8. The summed E-state index contributed by atoms with van der Waals surface area (Å²) in [5.41, 5.74) is 1.05. The van der Waals surface area contributed by atoms with Gasteiger partial charge in [-0.1, -0.05) is 0 Å². The van der Waals surface area contributed by atoms with E-state index in [1.807, 2.05) is 66.8 Å². The van der Waals surface area contributed by atoms with E-state index in [4.69, 9.17) is 14.2 Å². The van der Waals surface area contributed by atoms with Crippen molar-refractivity contribution in [1.29, 1.82) is 0 Å². The molecular formula is C26H36N4O5S2. The number of fused-ring (bicyclic) bond motifs is 1. The van der Waals surface area contributed by atoms with Gasteiger partial charge in [0.1, 0.15) is 22.5 Å². The Hall–Kier alpha value is -2.92. The minimum Gasteiger partial charge on any atom is -0.496 e. The molecule has 3 rings (SSSR count). The topological polar surface area (TPSA) is 103 Å². The molecule has 37 heavy (non-hydrogen) atoms. The first-order valence-corrected chi connectivity index (χ1v) is 13.7. The van der Waals surface area contributed by atoms with Gasteiger partial charge in [-0.05, 0) is 72.4 Å². The maximum absolute atomic E-state index is 13.4. The van der Waals surface area contributed by atoms with Crippen LogP contribution in [0.25, 0.3) is 10.2 Å². The Bertz CT molecular complexity index is 1260. The second kappa shape index (κ2) is 11.2. The van der Waals surface area contributed by atoms with Crippen molar-refractivity contribution in [1.82, 2.24) is 15.5 Å². The van der Waals surface area contributed by atoms with Crippen molar-refractivity contribution in [3.8, 4) is 5.75 Å². The number of hydrogen-bond acceptors (Lipinski definition) is 9. The molecule has 0 saturated heterocycles. The first-order valence-electron chi connectivity index (χ1n) is 12.0. The molecular weight excluding hydrogens is 512 g/mol. The number of nitrogens with zero attached hydrogens (tertiary/aromatic N) is 3. The van der Waals surface area contributed by atoms with Crippen LogP contribution in [0, 0.1) is 6.92 Å². The fourth-order valence-electron chi connectivity index (χ4n) is 3.60. The Kier molecular flexibility index (Phi) is 8.69. The molecule has 0 fully saturated rings. The minimum absolute atomic E-state index is 0.171. The average molecular weight is 549 g/mol. The molecule has 0 radical (unpaired) electrons. The molecule has 0 bridgehead atoms. The summed E-state index contributed by atoms with van der Waals surface area (Å²) >= 11 is 3.04. The van der Waals surface area contributed by atoms with Crippen LogP contribution in [-0.2, 0) is 22.4 Å². The van der Waals surface area contributed by atoms with Crippen molar-refractivity contribution in [2.75, 3.05) is 12.0 Å². The van der Waals surface area contributed by atoms with Gasteiger partial charge in [-0.15, -0.1) is 27.8 Å². The van der Waals surface area contributed by atoms with Crippen molar-refractivity contribution >= 4 is 50.8 Å². The molecule has 3 heterocycles. The third kappa shape index (κ3) is 7.54. The van der Waals surface area contributed by atoms with Gasteiger partial charge < -0.3 is 19.5 Å². The van der Waals surface area contributed by atoms with Gasteiger partial charge in [-0.3, -0.25) is 4.90 Å². The van der Waals surface area contributed by atoms with Gasteiger partial charge in [0, 0.05) is 17.3 Å². The largest absolute Gasteiger partial charge is 0.496 e. The van der Waals surface area contributed by atoms with Crippen LogP contribution in [0.5, 0.6) is 5.75 Å². The number of carbonyl (C=O) groups is 2. The molecule has 0 saturated carbocycles. The van der Waals surface area contributed by atoms with E-state index in [-0.39, 0.29) is 12.6 Å². The molecule has 0 spiro atoms. The number of nitrogens with one attached hydrogen (secondary N) is 1. The highest BCUT2D eigenvalue weighted by Crippen LogP contribution is 2.38. The molecule has 3 aromatic heterocycles. The van der Waals surface area contributed by atoms with Crippen LogP contribution in [-0.4, -0.2) is 46.7 Å². The van der Waals surface area contributed by atoms with Crippen LogP contribution in [0.1, 0.15) is 63.8 Å². The molecule has 1 N–H and O–H groups in total. The molecule has 0 aromatic carbocycles. The Balaban J connectivity index is 1.96. The van der Waals surface area contributed by atoms with Crippen LogP contribution >= 0.6 is 22.7 Å². The summed E-state index contributed by atoms with van der Waals surface area (Å²) in [4.78, 5) is 29.1. The van der Waals surface area contributed by atoms with Gasteiger partial charge in [0.25, 0.3) is 0 Å². The maximum Gasteiger partial charge on any atom is 0.415 e. The number of aromatic nitrogens is 2. The number of rotatable bonds is 7. The maximum atomic E-state index is 13.4. The molecule has 0 aliphatic rings. The number of aryl methyl sites for hydroxylation is 1. The summed E-state index contributed by atoms with van der Waals surface area (Å²) in [6, 6.07) is 1.70. The van der Waals surface area contributed by atoms with Gasteiger partial charge in [0.2, 0.25) is 0 Å². The number of alkyl carbamates (subject to hydrolysis) is 1. The van der Waals surface area contributed by atoms with Crippen molar-refractivity contribution in [3.05, 3.63) is 33.0 Å². The lowest BCUT2D eigenvalue weighted by Gasteiger charge is -2.27. The first-order chi connectivity index (χ1) is 17.2. The van der Waals surface area contributed by atoms with Gasteiger partial charge in [0.05, 0.1) is 35.1 Å². The van der Waals surface area contributed by atoms with Crippen LogP contribution in [0.4, 0.5) is 15.3 Å². The Morgan fingerprint density at radius 2 is 1.78 bits per heavy atom. The van der Waals surface area contributed by atoms with E-state index < -0.39 is 23.4 Å². The number of anilines is 1. The molecule has 11 heteroatoms. The van der Waals surface area contributed by atoms with E-state index in [0.717, 1.165) is 20.0 Å². The Morgan fingerprint density at radius 1 is 1.11 bits per heavy atom. The van der Waals surface area contributed by atoms with Crippen molar-refractivity contribution in [2.24, 2.45) is 0 Å². The van der Waals surface area contributed by atoms with Crippen molar-refractivity contribution in [3.63, 3.8) is 0 Å². The Morgan fingerprint density at radius 3 is 2.41 bits per heavy atom. The zero-order chi connectivity index (χ0) is 27.5. The van der Waals surface area contributed by atoms with Gasteiger partial charge >= 0.3 is 12.2 Å². The van der Waals surface area contributed by atoms with Gasteiger partial charge in [-0.25, -0.2) is 9.59 Å². The summed E-state index contributed by atoms with van der Waals surface area (Å²) in [5.74, 6) is 0.710. The molecule has 1 unspecified atom stereocenters. The molecule has 9 nitrogen and oxygen atoms in total. The normalized spacial score (nSPS) is 12.8.